The zero-order chi connectivity index (χ0) is 40.7. The highest BCUT2D eigenvalue weighted by molar-refractivity contribution is 7.47. The number of carbonyl (C=O) groups excluding carboxylic acids is 2. The molecule has 0 heterocycles. The third kappa shape index (κ3) is 40.7. The third-order valence-electron chi connectivity index (χ3n) is 8.16. The lowest BCUT2D eigenvalue weighted by Crippen LogP contribution is -2.37. The van der Waals surface area contributed by atoms with Crippen LogP contribution in [0.1, 0.15) is 136 Å². The first-order valence-electron chi connectivity index (χ1n) is 20.8. The van der Waals surface area contributed by atoms with Crippen LogP contribution < -0.4 is 0 Å². The summed E-state index contributed by atoms with van der Waals surface area (Å²) < 4.78 is 34.2. The monoisotopic (exact) mass is 791 g/mol. The van der Waals surface area contributed by atoms with E-state index in [1.807, 2.05) is 27.2 Å². The normalized spacial score (nSPS) is 14.5. The highest BCUT2D eigenvalue weighted by Crippen LogP contribution is 2.43. The van der Waals surface area contributed by atoms with Crippen molar-refractivity contribution in [2.45, 2.75) is 142 Å². The van der Waals surface area contributed by atoms with Crippen LogP contribution in [0.4, 0.5) is 0 Å². The van der Waals surface area contributed by atoms with Gasteiger partial charge in [0, 0.05) is 12.8 Å². The van der Waals surface area contributed by atoms with Gasteiger partial charge in [-0.2, -0.15) is 0 Å². The second kappa shape index (κ2) is 36.8. The Bertz CT molecular complexity index is 1210. The Labute approximate surface area is 335 Å². The summed E-state index contributed by atoms with van der Waals surface area (Å²) in [6.07, 6.45) is 46.4. The number of phosphoric acid groups is 1. The van der Waals surface area contributed by atoms with E-state index in [-0.39, 0.29) is 26.1 Å². The molecule has 1 unspecified atom stereocenters. The topological polar surface area (TPSA) is 108 Å². The summed E-state index contributed by atoms with van der Waals surface area (Å²) in [4.78, 5) is 35.3. The number of phosphoric ester groups is 1. The van der Waals surface area contributed by atoms with Crippen molar-refractivity contribution in [3.63, 3.8) is 0 Å². The SMILES string of the molecule is CC/C=C/C/C=C/C/C=C/C/C=C/C/C=C/CCCC(=O)OC[C@H](COP(=O)(O)OCC[N+](C)(C)C)OC(=O)CCCCCCC/C=C/C/C=C/CCCC. The molecule has 314 valence electrons. The minimum atomic E-state index is -4.39. The summed E-state index contributed by atoms with van der Waals surface area (Å²) in [5, 5.41) is 0. The van der Waals surface area contributed by atoms with Crippen LogP contribution in [0.2, 0.25) is 0 Å². The van der Waals surface area contributed by atoms with Crippen molar-refractivity contribution >= 4 is 19.8 Å². The molecule has 0 rings (SSSR count). The molecule has 0 aromatic rings. The number of ether oxygens (including phenoxy) is 2. The van der Waals surface area contributed by atoms with Gasteiger partial charge in [0.15, 0.2) is 6.10 Å². The van der Waals surface area contributed by atoms with E-state index in [2.05, 4.69) is 92.8 Å². The molecule has 0 fully saturated rings. The molecule has 0 saturated carbocycles. The Hall–Kier alpha value is -2.81. The maximum atomic E-state index is 12.7. The lowest BCUT2D eigenvalue weighted by Gasteiger charge is -2.24. The molecular formula is C45H77NO8P+. The van der Waals surface area contributed by atoms with E-state index in [0.29, 0.717) is 23.9 Å². The van der Waals surface area contributed by atoms with Gasteiger partial charge >= 0.3 is 19.8 Å². The number of unbranched alkanes of at least 4 members (excludes halogenated alkanes) is 8. The van der Waals surface area contributed by atoms with Gasteiger partial charge < -0.3 is 18.9 Å². The number of esters is 2. The van der Waals surface area contributed by atoms with Crippen molar-refractivity contribution in [1.29, 1.82) is 0 Å². The van der Waals surface area contributed by atoms with Crippen LogP contribution in [-0.4, -0.2) is 74.9 Å². The van der Waals surface area contributed by atoms with Crippen LogP contribution in [0.25, 0.3) is 0 Å². The fraction of sp³-hybridized carbons (Fsp3) is 0.644. The van der Waals surface area contributed by atoms with Gasteiger partial charge in [-0.05, 0) is 77.0 Å². The molecule has 0 saturated heterocycles. The highest BCUT2D eigenvalue weighted by Gasteiger charge is 2.27. The Morgan fingerprint density at radius 3 is 1.60 bits per heavy atom. The van der Waals surface area contributed by atoms with Crippen molar-refractivity contribution in [3.8, 4) is 0 Å². The first-order chi connectivity index (χ1) is 26.5. The molecule has 0 aliphatic heterocycles. The molecule has 1 N–H and O–H groups in total. The summed E-state index contributed by atoms with van der Waals surface area (Å²) in [5.41, 5.74) is 0. The van der Waals surface area contributed by atoms with Gasteiger partial charge in [0.1, 0.15) is 19.8 Å². The second-order valence-electron chi connectivity index (χ2n) is 14.6. The highest BCUT2D eigenvalue weighted by atomic mass is 31.2. The maximum Gasteiger partial charge on any atom is 0.472 e. The molecule has 0 aliphatic carbocycles. The molecule has 2 atom stereocenters. The summed E-state index contributed by atoms with van der Waals surface area (Å²) in [6, 6.07) is 0. The molecule has 0 spiro atoms. The smallest absolute Gasteiger partial charge is 0.462 e. The molecule has 0 aliphatic rings. The van der Waals surface area contributed by atoms with E-state index < -0.39 is 32.5 Å². The lowest BCUT2D eigenvalue weighted by molar-refractivity contribution is -0.870. The minimum Gasteiger partial charge on any atom is -0.462 e. The first kappa shape index (κ1) is 52.2. The van der Waals surface area contributed by atoms with Crippen molar-refractivity contribution in [3.05, 3.63) is 85.1 Å². The Balaban J connectivity index is 4.53. The molecule has 0 aromatic carbocycles. The third-order valence-corrected chi connectivity index (χ3v) is 9.14. The molecular weight excluding hydrogens is 713 g/mol. The zero-order valence-electron chi connectivity index (χ0n) is 35.1. The minimum absolute atomic E-state index is 0.0152. The van der Waals surface area contributed by atoms with Crippen molar-refractivity contribution < 1.29 is 42.1 Å². The predicted molar refractivity (Wildman–Crippen MR) is 229 cm³/mol. The van der Waals surface area contributed by atoms with E-state index in [1.165, 1.54) is 12.8 Å². The van der Waals surface area contributed by atoms with Crippen LogP contribution >= 0.6 is 7.82 Å². The van der Waals surface area contributed by atoms with E-state index in [4.69, 9.17) is 18.5 Å². The fourth-order valence-electron chi connectivity index (χ4n) is 4.89. The number of hydrogen-bond acceptors (Lipinski definition) is 7. The largest absolute Gasteiger partial charge is 0.472 e. The number of carbonyl (C=O) groups is 2. The molecule has 9 nitrogen and oxygen atoms in total. The maximum absolute atomic E-state index is 12.7. The van der Waals surface area contributed by atoms with E-state index >= 15 is 0 Å². The van der Waals surface area contributed by atoms with Gasteiger partial charge in [0.2, 0.25) is 0 Å². The second-order valence-corrected chi connectivity index (χ2v) is 16.1. The molecule has 10 heteroatoms. The number of rotatable bonds is 36. The molecule has 0 bridgehead atoms. The lowest BCUT2D eigenvalue weighted by atomic mass is 10.1. The average molecular weight is 791 g/mol. The van der Waals surface area contributed by atoms with Crippen molar-refractivity contribution in [1.82, 2.24) is 0 Å². The number of likely N-dealkylation sites (N-methyl/N-ethyl adjacent to an activating group) is 1. The van der Waals surface area contributed by atoms with Gasteiger partial charge in [-0.1, -0.05) is 131 Å². The molecule has 0 aromatic heterocycles. The Kier molecular flexibility index (Phi) is 34.9. The van der Waals surface area contributed by atoms with Crippen LogP contribution in [0.5, 0.6) is 0 Å². The van der Waals surface area contributed by atoms with Crippen molar-refractivity contribution in [2.24, 2.45) is 0 Å². The molecule has 0 amide bonds. The molecule has 55 heavy (non-hydrogen) atoms. The average Bonchev–Trinajstić information content (AvgIpc) is 3.13. The zero-order valence-corrected chi connectivity index (χ0v) is 36.0. The van der Waals surface area contributed by atoms with Crippen molar-refractivity contribution in [2.75, 3.05) is 47.5 Å². The summed E-state index contributed by atoms with van der Waals surface area (Å²) in [6.45, 7) is 4.15. The first-order valence-corrected chi connectivity index (χ1v) is 22.3. The summed E-state index contributed by atoms with van der Waals surface area (Å²) >= 11 is 0. The quantitative estimate of drug-likeness (QED) is 0.0220. The van der Waals surface area contributed by atoms with Gasteiger partial charge in [-0.3, -0.25) is 18.6 Å². The molecule has 0 radical (unpaired) electrons. The van der Waals surface area contributed by atoms with E-state index in [0.717, 1.165) is 83.5 Å². The number of hydrogen-bond donors (Lipinski definition) is 1. The van der Waals surface area contributed by atoms with Crippen LogP contribution in [0.3, 0.4) is 0 Å². The standard InChI is InChI=1S/C45H76NO8P/c1-6-8-10-12-14-16-18-20-22-23-24-26-27-29-31-33-35-37-44(47)51-41-43(42-53-55(49,50)52-40-39-46(3,4)5)54-45(48)38-36-34-32-30-28-25-21-19-17-15-13-11-9-7-2/h8,10,13-16,19-22,24,26,29,31,43H,6-7,9,11-12,17-18,23,25,27-28,30,32-42H2,1-5H3/p+1/b10-8+,15-13+,16-14+,21-19+,22-20+,26-24+,31-29+/t43-/m1/s1. The Morgan fingerprint density at radius 2 is 1.05 bits per heavy atom. The number of allylic oxidation sites excluding steroid dienone is 14. The predicted octanol–water partition coefficient (Wildman–Crippen LogP) is 11.6. The number of quaternary nitrogens is 1. The van der Waals surface area contributed by atoms with E-state index in [1.54, 1.807) is 0 Å². The fourth-order valence-corrected chi connectivity index (χ4v) is 5.63. The Morgan fingerprint density at radius 1 is 0.582 bits per heavy atom. The summed E-state index contributed by atoms with van der Waals surface area (Å²) in [7, 11) is 1.42. The van der Waals surface area contributed by atoms with Gasteiger partial charge in [0.05, 0.1) is 27.7 Å². The number of nitrogens with zero attached hydrogens (tertiary/aromatic N) is 1. The van der Waals surface area contributed by atoms with Crippen LogP contribution in [0, 0.1) is 0 Å². The van der Waals surface area contributed by atoms with Gasteiger partial charge in [0.25, 0.3) is 0 Å². The van der Waals surface area contributed by atoms with Crippen LogP contribution in [-0.2, 0) is 32.7 Å². The van der Waals surface area contributed by atoms with E-state index in [9.17, 15) is 19.0 Å². The van der Waals surface area contributed by atoms with Crippen LogP contribution in [0.15, 0.2) is 85.1 Å². The van der Waals surface area contributed by atoms with Gasteiger partial charge in [-0.15, -0.1) is 0 Å². The summed E-state index contributed by atoms with van der Waals surface area (Å²) in [5.74, 6) is -0.894. The van der Waals surface area contributed by atoms with Gasteiger partial charge in [-0.25, -0.2) is 4.57 Å².